The second-order valence-electron chi connectivity index (χ2n) is 9.60. The van der Waals surface area contributed by atoms with Gasteiger partial charge in [-0.25, -0.2) is 9.13 Å². The molecule has 0 amide bonds. The number of ketones is 1. The van der Waals surface area contributed by atoms with Crippen molar-refractivity contribution in [3.8, 4) is 0 Å². The van der Waals surface area contributed by atoms with Crippen LogP contribution < -0.4 is 21.5 Å². The lowest BCUT2D eigenvalue weighted by Gasteiger charge is -2.16. The van der Waals surface area contributed by atoms with Crippen molar-refractivity contribution >= 4 is 38.8 Å². The molecule has 0 fully saturated rings. The third-order valence-electron chi connectivity index (χ3n) is 7.25. The monoisotopic (exact) mass is 572 g/mol. The Morgan fingerprint density at radius 3 is 2.18 bits per heavy atom. The van der Waals surface area contributed by atoms with Crippen molar-refractivity contribution in [2.24, 2.45) is 0 Å². The largest absolute Gasteiger partial charge is 1.00 e. The average molecular weight is 573 g/mol. The molecule has 0 bridgehead atoms. The number of furan rings is 1. The predicted octanol–water partition coefficient (Wildman–Crippen LogP) is 4.35. The minimum atomic E-state index is -0.0905. The van der Waals surface area contributed by atoms with Crippen LogP contribution >= 0.6 is 0 Å². The third kappa shape index (κ3) is 4.45. The van der Waals surface area contributed by atoms with Crippen molar-refractivity contribution in [2.45, 2.75) is 12.6 Å². The highest BCUT2D eigenvalue weighted by atomic mass is 79.9. The van der Waals surface area contributed by atoms with Crippen molar-refractivity contribution in [1.82, 2.24) is 4.57 Å². The maximum Gasteiger partial charge on any atom is 0.245 e. The van der Waals surface area contributed by atoms with Gasteiger partial charge in [-0.15, -0.1) is 0 Å². The molecular formula is C34H25BrN2O2. The number of aromatic nitrogens is 2. The van der Waals surface area contributed by atoms with Gasteiger partial charge >= 0.3 is 0 Å². The molecule has 0 saturated heterocycles. The summed E-state index contributed by atoms with van der Waals surface area (Å²) in [6.45, 7) is 0.268. The van der Waals surface area contributed by atoms with E-state index in [1.807, 2.05) is 60.7 Å². The Kier molecular flexibility index (Phi) is 6.59. The van der Waals surface area contributed by atoms with E-state index in [-0.39, 0.29) is 35.4 Å². The molecule has 7 rings (SSSR count). The molecule has 2 heterocycles. The first-order valence-electron chi connectivity index (χ1n) is 12.8. The second kappa shape index (κ2) is 10.4. The highest BCUT2D eigenvalue weighted by Crippen LogP contribution is 2.35. The molecule has 4 nitrogen and oxygen atoms in total. The molecule has 1 unspecified atom stereocenters. The number of para-hydroxylation sites is 3. The molecule has 5 heteroatoms. The normalized spacial score (nSPS) is 12.0. The highest BCUT2D eigenvalue weighted by Gasteiger charge is 2.28. The highest BCUT2D eigenvalue weighted by molar-refractivity contribution is 6.05. The van der Waals surface area contributed by atoms with Crippen LogP contribution in [0.3, 0.4) is 0 Å². The standard InChI is InChI=1S/C34H25N2O2.BrH/c37-31(24-11-3-1-4-12-24)22-35-23-36(30-17-9-8-16-29(30)35)34(25-13-5-2-6-14-25)26-19-20-33-28(21-26)27-15-7-10-18-32(27)38-33;/h1-21,23,34H,22H2;1H/q+1;/p-1. The van der Waals surface area contributed by atoms with Gasteiger partial charge in [0.05, 0.1) is 0 Å². The SMILES string of the molecule is O=C(C[n+]1cn(C(c2ccccc2)c2ccc3oc4ccccc4c3c2)c2ccccc21)c1ccccc1.[Br-]. The molecule has 0 N–H and O–H groups in total. The quantitative estimate of drug-likeness (QED) is 0.219. The number of hydrogen-bond donors (Lipinski definition) is 0. The first kappa shape index (κ1) is 24.8. The number of nitrogens with zero attached hydrogens (tertiary/aromatic N) is 2. The molecule has 7 aromatic rings. The van der Waals surface area contributed by atoms with Crippen LogP contribution in [-0.2, 0) is 6.54 Å². The fourth-order valence-electron chi connectivity index (χ4n) is 5.46. The van der Waals surface area contributed by atoms with Crippen LogP contribution in [0.25, 0.3) is 33.0 Å². The molecule has 0 spiro atoms. The van der Waals surface area contributed by atoms with Gasteiger partial charge in [-0.3, -0.25) is 4.79 Å². The summed E-state index contributed by atoms with van der Waals surface area (Å²) in [5.41, 5.74) is 6.89. The Bertz CT molecular complexity index is 1920. The molecule has 0 aliphatic carbocycles. The van der Waals surface area contributed by atoms with E-state index in [0.29, 0.717) is 5.56 Å². The lowest BCUT2D eigenvalue weighted by molar-refractivity contribution is -0.658. The average Bonchev–Trinajstić information content (AvgIpc) is 3.52. The number of carbonyl (C=O) groups excluding carboxylic acids is 1. The smallest absolute Gasteiger partial charge is 0.245 e. The Labute approximate surface area is 236 Å². The minimum absolute atomic E-state index is 0. The molecule has 5 aromatic carbocycles. The number of benzene rings is 5. The second-order valence-corrected chi connectivity index (χ2v) is 9.60. The number of carbonyl (C=O) groups is 1. The maximum absolute atomic E-state index is 13.2. The molecule has 190 valence electrons. The molecule has 1 atom stereocenters. The van der Waals surface area contributed by atoms with E-state index >= 15 is 0 Å². The van der Waals surface area contributed by atoms with E-state index in [9.17, 15) is 4.79 Å². The van der Waals surface area contributed by atoms with Gasteiger partial charge in [-0.05, 0) is 30.3 Å². The Balaban J connectivity index is 0.00000277. The summed E-state index contributed by atoms with van der Waals surface area (Å²) in [6, 6.07) is 42.8. The summed E-state index contributed by atoms with van der Waals surface area (Å²) in [7, 11) is 0. The molecule has 0 aliphatic heterocycles. The van der Waals surface area contributed by atoms with Gasteiger partial charge in [-0.2, -0.15) is 0 Å². The summed E-state index contributed by atoms with van der Waals surface area (Å²) >= 11 is 0. The van der Waals surface area contributed by atoms with Crippen molar-refractivity contribution < 1.29 is 30.8 Å². The third-order valence-corrected chi connectivity index (χ3v) is 7.25. The molecule has 39 heavy (non-hydrogen) atoms. The van der Waals surface area contributed by atoms with Crippen LogP contribution in [0.1, 0.15) is 27.5 Å². The summed E-state index contributed by atoms with van der Waals surface area (Å²) < 4.78 is 10.5. The van der Waals surface area contributed by atoms with Crippen molar-refractivity contribution in [3.05, 3.63) is 150 Å². The molecule has 0 saturated carbocycles. The lowest BCUT2D eigenvalue weighted by Crippen LogP contribution is -3.00. The van der Waals surface area contributed by atoms with Crippen molar-refractivity contribution in [2.75, 3.05) is 0 Å². The van der Waals surface area contributed by atoms with Crippen molar-refractivity contribution in [1.29, 1.82) is 0 Å². The van der Waals surface area contributed by atoms with Gasteiger partial charge in [-0.1, -0.05) is 97.1 Å². The van der Waals surface area contributed by atoms with Crippen LogP contribution in [0.5, 0.6) is 0 Å². The minimum Gasteiger partial charge on any atom is -1.00 e. The number of Topliss-reactive ketones (excluding diaryl/α,β-unsaturated/α-hetero) is 1. The van der Waals surface area contributed by atoms with Gasteiger partial charge in [0.15, 0.2) is 23.6 Å². The van der Waals surface area contributed by atoms with E-state index in [0.717, 1.165) is 38.5 Å². The van der Waals surface area contributed by atoms with Gasteiger partial charge in [0.25, 0.3) is 0 Å². The van der Waals surface area contributed by atoms with Crippen LogP contribution in [0.2, 0.25) is 0 Å². The topological polar surface area (TPSA) is 39.0 Å². The van der Waals surface area contributed by atoms with Crippen LogP contribution in [0.4, 0.5) is 0 Å². The van der Waals surface area contributed by atoms with Crippen LogP contribution in [0.15, 0.2) is 138 Å². The number of rotatable bonds is 6. The molecular weight excluding hydrogens is 548 g/mol. The number of imidazole rings is 1. The van der Waals surface area contributed by atoms with Gasteiger partial charge in [0.2, 0.25) is 12.1 Å². The van der Waals surface area contributed by atoms with E-state index < -0.39 is 0 Å². The Morgan fingerprint density at radius 2 is 1.36 bits per heavy atom. The molecule has 0 aliphatic rings. The zero-order valence-electron chi connectivity index (χ0n) is 21.1. The van der Waals surface area contributed by atoms with Crippen molar-refractivity contribution in [3.63, 3.8) is 0 Å². The lowest BCUT2D eigenvalue weighted by atomic mass is 9.96. The zero-order chi connectivity index (χ0) is 25.5. The fourth-order valence-corrected chi connectivity index (χ4v) is 5.46. The Hall–Kier alpha value is -4.48. The summed E-state index contributed by atoms with van der Waals surface area (Å²) in [5.74, 6) is 0.0843. The van der Waals surface area contributed by atoms with E-state index in [1.54, 1.807) is 0 Å². The van der Waals surface area contributed by atoms with Gasteiger partial charge < -0.3 is 21.4 Å². The Morgan fingerprint density at radius 1 is 0.692 bits per heavy atom. The van der Waals surface area contributed by atoms with E-state index in [2.05, 4.69) is 82.2 Å². The first-order valence-corrected chi connectivity index (χ1v) is 12.8. The van der Waals surface area contributed by atoms with Gasteiger partial charge in [0.1, 0.15) is 11.2 Å². The van der Waals surface area contributed by atoms with Crippen LogP contribution in [-0.4, -0.2) is 10.4 Å². The number of halogens is 1. The summed E-state index contributed by atoms with van der Waals surface area (Å²) in [5, 5.41) is 2.21. The number of fused-ring (bicyclic) bond motifs is 4. The number of hydrogen-bond acceptors (Lipinski definition) is 2. The first-order chi connectivity index (χ1) is 18.8. The fraction of sp³-hybridized carbons (Fsp3) is 0.0588. The zero-order valence-corrected chi connectivity index (χ0v) is 22.7. The molecule has 2 aromatic heterocycles. The maximum atomic E-state index is 13.2. The summed E-state index contributed by atoms with van der Waals surface area (Å²) in [6.07, 6.45) is 2.08. The van der Waals surface area contributed by atoms with E-state index in [4.69, 9.17) is 4.42 Å². The van der Waals surface area contributed by atoms with E-state index in [1.165, 1.54) is 5.56 Å². The van der Waals surface area contributed by atoms with Crippen LogP contribution in [0, 0.1) is 0 Å². The predicted molar refractivity (Wildman–Crippen MR) is 150 cm³/mol. The summed E-state index contributed by atoms with van der Waals surface area (Å²) in [4.78, 5) is 13.2. The molecule has 0 radical (unpaired) electrons. The van der Waals surface area contributed by atoms with Gasteiger partial charge in [0, 0.05) is 27.5 Å².